The molecule has 1 saturated heterocycles. The number of aliphatic hydroxyl groups is 1. The van der Waals surface area contributed by atoms with E-state index in [0.29, 0.717) is 0 Å². The average molecular weight is 149 g/mol. The summed E-state index contributed by atoms with van der Waals surface area (Å²) in [5.41, 5.74) is 0. The first-order chi connectivity index (χ1) is 4.77. The van der Waals surface area contributed by atoms with Gasteiger partial charge in [0.15, 0.2) is 0 Å². The molecule has 1 fully saturated rings. The minimum Gasteiger partial charge on any atom is -0.221 e. The first-order valence-corrected chi connectivity index (χ1v) is 3.42. The fraction of sp³-hybridized carbons (Fsp3) is 1.00. The molecule has 4 nitrogen and oxygen atoms in total. The van der Waals surface area contributed by atoms with Crippen LogP contribution in [0.4, 0.5) is 0 Å². The Morgan fingerprint density at radius 3 is 2.90 bits per heavy atom. The van der Waals surface area contributed by atoms with Crippen molar-refractivity contribution in [1.29, 1.82) is 0 Å². The molecule has 1 N–H and O–H groups in total. The van der Waals surface area contributed by atoms with Gasteiger partial charge in [-0.05, 0) is 0 Å². The topological polar surface area (TPSA) is 40.5 Å². The molecular weight excluding hydrogens is 136 g/mol. The molecule has 0 spiro atoms. The van der Waals surface area contributed by atoms with Gasteiger partial charge in [-0.25, -0.2) is 4.89 Å². The third kappa shape index (κ3) is 1.91. The number of hydrogen-bond acceptors (Lipinski definition) is 3. The Hall–Kier alpha value is -0.160. The van der Waals surface area contributed by atoms with E-state index in [-0.39, 0.29) is 6.79 Å². The molecule has 60 valence electrons. The lowest BCUT2D eigenvalue weighted by molar-refractivity contribution is -0.650. The quantitative estimate of drug-likeness (QED) is 0.432. The van der Waals surface area contributed by atoms with E-state index in [1.807, 2.05) is 6.92 Å². The van der Waals surface area contributed by atoms with Crippen LogP contribution in [0.25, 0.3) is 0 Å². The zero-order valence-corrected chi connectivity index (χ0v) is 6.29. The van der Waals surface area contributed by atoms with Crippen LogP contribution >= 0.6 is 0 Å². The predicted octanol–water partition coefficient (Wildman–Crippen LogP) is 0.882. The molecule has 1 rings (SSSR count). The minimum atomic E-state index is -0.660. The molecular formula is C6H13O4+. The van der Waals surface area contributed by atoms with Crippen molar-refractivity contribution >= 4 is 0 Å². The Balaban J connectivity index is 2.32. The maximum atomic E-state index is 4.98. The summed E-state index contributed by atoms with van der Waals surface area (Å²) in [6.07, 6.45) is 1.77. The summed E-state index contributed by atoms with van der Waals surface area (Å²) in [5, 5.41) is 0. The Labute approximate surface area is 59.9 Å². The molecule has 1 aliphatic rings. The second-order valence-electron chi connectivity index (χ2n) is 2.43. The lowest BCUT2D eigenvalue weighted by Crippen LogP contribution is -2.38. The monoisotopic (exact) mass is 149 g/mol. The van der Waals surface area contributed by atoms with Crippen molar-refractivity contribution < 1.29 is 19.6 Å². The second kappa shape index (κ2) is 3.30. The maximum absolute atomic E-state index is 4.98. The summed E-state index contributed by atoms with van der Waals surface area (Å²) in [7, 11) is 0. The van der Waals surface area contributed by atoms with E-state index in [2.05, 4.69) is 9.78 Å². The molecule has 1 atom stereocenters. The molecule has 0 amide bonds. The molecule has 0 aromatic heterocycles. The Bertz CT molecular complexity index is 92.4. The van der Waals surface area contributed by atoms with Crippen molar-refractivity contribution in [2.75, 3.05) is 6.79 Å². The van der Waals surface area contributed by atoms with Gasteiger partial charge < -0.3 is 0 Å². The molecule has 0 aromatic rings. The van der Waals surface area contributed by atoms with Gasteiger partial charge in [0.1, 0.15) is 0 Å². The van der Waals surface area contributed by atoms with Gasteiger partial charge in [0.2, 0.25) is 0 Å². The van der Waals surface area contributed by atoms with Crippen LogP contribution in [0.3, 0.4) is 0 Å². The zero-order valence-electron chi connectivity index (χ0n) is 6.29. The SMILES string of the molecule is CCCC1(C)OOC[OH+]O1. The molecule has 0 saturated carbocycles. The Morgan fingerprint density at radius 1 is 1.60 bits per heavy atom. The molecule has 0 aliphatic carbocycles. The summed E-state index contributed by atoms with van der Waals surface area (Å²) < 4.78 is 0. The van der Waals surface area contributed by atoms with Crippen LogP contribution in [0, 0.1) is 0 Å². The zero-order chi connectivity index (χ0) is 7.45. The summed E-state index contributed by atoms with van der Waals surface area (Å²) in [6, 6.07) is 0. The van der Waals surface area contributed by atoms with Gasteiger partial charge in [0.05, 0.1) is 0 Å². The molecule has 1 unspecified atom stereocenters. The number of hydrogen-bond donors (Lipinski definition) is 0. The van der Waals surface area contributed by atoms with Gasteiger partial charge in [-0.1, -0.05) is 18.2 Å². The highest BCUT2D eigenvalue weighted by atomic mass is 17.4. The maximum Gasteiger partial charge on any atom is 0.320 e. The van der Waals surface area contributed by atoms with Crippen molar-refractivity contribution in [3.8, 4) is 0 Å². The first kappa shape index (κ1) is 7.94. The highest BCUT2D eigenvalue weighted by molar-refractivity contribution is 4.57. The standard InChI is InChI=1S/C6H12O4/c1-3-4-6(2)9-7-5-8-10-6/h3-5H2,1-2H3/p+1. The van der Waals surface area contributed by atoms with Crippen molar-refractivity contribution in [3.63, 3.8) is 0 Å². The van der Waals surface area contributed by atoms with E-state index in [1.54, 1.807) is 6.92 Å². The normalized spacial score (nSPS) is 34.2. The molecule has 0 aromatic carbocycles. The van der Waals surface area contributed by atoms with E-state index in [9.17, 15) is 0 Å². The molecule has 10 heavy (non-hydrogen) atoms. The van der Waals surface area contributed by atoms with E-state index in [4.69, 9.17) is 9.78 Å². The van der Waals surface area contributed by atoms with Crippen molar-refractivity contribution in [3.05, 3.63) is 0 Å². The largest absolute Gasteiger partial charge is 0.320 e. The highest BCUT2D eigenvalue weighted by Gasteiger charge is 2.35. The predicted molar refractivity (Wildman–Crippen MR) is 33.7 cm³/mol. The molecule has 4 heteroatoms. The van der Waals surface area contributed by atoms with E-state index >= 15 is 0 Å². The van der Waals surface area contributed by atoms with Crippen molar-refractivity contribution in [2.24, 2.45) is 0 Å². The highest BCUT2D eigenvalue weighted by Crippen LogP contribution is 2.21. The van der Waals surface area contributed by atoms with Crippen LogP contribution in [0.5, 0.6) is 0 Å². The summed E-state index contributed by atoms with van der Waals surface area (Å²) >= 11 is 0. The van der Waals surface area contributed by atoms with E-state index in [0.717, 1.165) is 12.8 Å². The summed E-state index contributed by atoms with van der Waals surface area (Å²) in [4.78, 5) is 18.1. The van der Waals surface area contributed by atoms with Crippen LogP contribution in [0.1, 0.15) is 26.7 Å². The Kier molecular flexibility index (Phi) is 2.62. The summed E-state index contributed by atoms with van der Waals surface area (Å²) in [6.45, 7) is 4.02. The molecule has 1 heterocycles. The second-order valence-corrected chi connectivity index (χ2v) is 2.43. The average Bonchev–Trinajstić information content (AvgIpc) is 1.89. The molecule has 0 bridgehead atoms. The van der Waals surface area contributed by atoms with E-state index in [1.165, 1.54) is 0 Å². The summed E-state index contributed by atoms with van der Waals surface area (Å²) in [5.74, 6) is -0.660. The van der Waals surface area contributed by atoms with Crippen LogP contribution in [-0.4, -0.2) is 17.5 Å². The third-order valence-electron chi connectivity index (χ3n) is 1.30. The minimum absolute atomic E-state index is 0.166. The number of rotatable bonds is 2. The lowest BCUT2D eigenvalue weighted by Gasteiger charge is -2.25. The van der Waals surface area contributed by atoms with Gasteiger partial charge >= 0.3 is 6.79 Å². The van der Waals surface area contributed by atoms with Gasteiger partial charge in [0, 0.05) is 13.3 Å². The smallest absolute Gasteiger partial charge is 0.221 e. The van der Waals surface area contributed by atoms with Crippen LogP contribution in [0.2, 0.25) is 0 Å². The van der Waals surface area contributed by atoms with E-state index < -0.39 is 5.79 Å². The van der Waals surface area contributed by atoms with Crippen LogP contribution in [0.15, 0.2) is 0 Å². The fourth-order valence-electron chi connectivity index (χ4n) is 0.892. The third-order valence-corrected chi connectivity index (χ3v) is 1.30. The lowest BCUT2D eigenvalue weighted by atomic mass is 10.2. The van der Waals surface area contributed by atoms with Crippen molar-refractivity contribution in [2.45, 2.75) is 32.5 Å². The van der Waals surface area contributed by atoms with Gasteiger partial charge in [-0.2, -0.15) is 9.78 Å². The van der Waals surface area contributed by atoms with Gasteiger partial charge in [0.25, 0.3) is 5.79 Å². The molecule has 1 aliphatic heterocycles. The van der Waals surface area contributed by atoms with Crippen LogP contribution < -0.4 is 0 Å². The van der Waals surface area contributed by atoms with Crippen molar-refractivity contribution in [1.82, 2.24) is 0 Å². The Morgan fingerprint density at radius 2 is 2.40 bits per heavy atom. The first-order valence-electron chi connectivity index (χ1n) is 3.42. The van der Waals surface area contributed by atoms with Crippen LogP contribution in [-0.2, 0) is 14.7 Å². The fourth-order valence-corrected chi connectivity index (χ4v) is 0.892. The van der Waals surface area contributed by atoms with Gasteiger partial charge in [-0.3, -0.25) is 0 Å². The van der Waals surface area contributed by atoms with Gasteiger partial charge in [-0.15, -0.1) is 0 Å². The molecule has 0 radical (unpaired) electrons.